The average molecular weight is 311 g/mol. The van der Waals surface area contributed by atoms with Crippen molar-refractivity contribution in [2.45, 2.75) is 45.4 Å². The molecule has 2 aromatic carbocycles. The summed E-state index contributed by atoms with van der Waals surface area (Å²) in [6.07, 6.45) is 0.314. The van der Waals surface area contributed by atoms with Crippen molar-refractivity contribution in [3.8, 4) is 0 Å². The molecule has 0 fully saturated rings. The van der Waals surface area contributed by atoms with Gasteiger partial charge in [-0.3, -0.25) is 4.79 Å². The molecule has 0 saturated heterocycles. The smallest absolute Gasteiger partial charge is 0.308 e. The lowest BCUT2D eigenvalue weighted by molar-refractivity contribution is -0.155. The van der Waals surface area contributed by atoms with E-state index < -0.39 is 5.60 Å². The number of hydrogen-bond donors (Lipinski definition) is 1. The van der Waals surface area contributed by atoms with Gasteiger partial charge in [0.05, 0.1) is 6.42 Å². The van der Waals surface area contributed by atoms with Crippen LogP contribution in [-0.4, -0.2) is 11.6 Å². The Balaban J connectivity index is 2.05. The third kappa shape index (κ3) is 6.25. The number of esters is 1. The van der Waals surface area contributed by atoms with Gasteiger partial charge in [-0.2, -0.15) is 0 Å². The van der Waals surface area contributed by atoms with Crippen LogP contribution in [0.4, 0.5) is 0 Å². The molecule has 0 saturated carbocycles. The Hall–Kier alpha value is -2.13. The fraction of sp³-hybridized carbons (Fsp3) is 0.350. The van der Waals surface area contributed by atoms with Crippen molar-refractivity contribution in [2.24, 2.45) is 0 Å². The summed E-state index contributed by atoms with van der Waals surface area (Å²) in [6.45, 7) is 6.38. The molecule has 1 atom stereocenters. The summed E-state index contributed by atoms with van der Waals surface area (Å²) in [6, 6.07) is 20.1. The van der Waals surface area contributed by atoms with Gasteiger partial charge in [0.2, 0.25) is 0 Å². The van der Waals surface area contributed by atoms with Crippen LogP contribution in [0.25, 0.3) is 0 Å². The molecule has 0 amide bonds. The molecule has 0 aliphatic rings. The summed E-state index contributed by atoms with van der Waals surface area (Å²) < 4.78 is 5.46. The van der Waals surface area contributed by atoms with Gasteiger partial charge in [0.15, 0.2) is 0 Å². The Kier molecular flexibility index (Phi) is 5.94. The SMILES string of the molecule is CC(C)(C)OC(=O)C[C@H](NCc1ccccc1)c1ccccc1. The van der Waals surface area contributed by atoms with E-state index in [1.165, 1.54) is 5.56 Å². The molecule has 0 bridgehead atoms. The van der Waals surface area contributed by atoms with Gasteiger partial charge in [-0.15, -0.1) is 0 Å². The minimum atomic E-state index is -0.461. The van der Waals surface area contributed by atoms with Crippen molar-refractivity contribution in [2.75, 3.05) is 0 Å². The highest BCUT2D eigenvalue weighted by Gasteiger charge is 2.21. The highest BCUT2D eigenvalue weighted by Crippen LogP contribution is 2.20. The van der Waals surface area contributed by atoms with Crippen molar-refractivity contribution in [1.82, 2.24) is 5.32 Å². The van der Waals surface area contributed by atoms with Crippen LogP contribution in [0.15, 0.2) is 60.7 Å². The zero-order valence-corrected chi connectivity index (χ0v) is 14.1. The molecule has 0 heterocycles. The number of benzene rings is 2. The molecule has 1 N–H and O–H groups in total. The van der Waals surface area contributed by atoms with Crippen molar-refractivity contribution < 1.29 is 9.53 Å². The maximum Gasteiger partial charge on any atom is 0.308 e. The number of nitrogens with one attached hydrogen (secondary N) is 1. The van der Waals surface area contributed by atoms with Crippen LogP contribution in [0.3, 0.4) is 0 Å². The lowest BCUT2D eigenvalue weighted by atomic mass is 10.0. The summed E-state index contributed by atoms with van der Waals surface area (Å²) in [4.78, 5) is 12.2. The van der Waals surface area contributed by atoms with Crippen molar-refractivity contribution in [1.29, 1.82) is 0 Å². The van der Waals surface area contributed by atoms with E-state index in [0.29, 0.717) is 13.0 Å². The first-order valence-electron chi connectivity index (χ1n) is 7.98. The Morgan fingerprint density at radius 1 is 1.00 bits per heavy atom. The summed E-state index contributed by atoms with van der Waals surface area (Å²) in [5.74, 6) is -0.188. The molecule has 0 unspecified atom stereocenters. The van der Waals surface area contributed by atoms with E-state index in [9.17, 15) is 4.79 Å². The van der Waals surface area contributed by atoms with E-state index in [2.05, 4.69) is 17.4 Å². The number of hydrogen-bond acceptors (Lipinski definition) is 3. The maximum atomic E-state index is 12.2. The van der Waals surface area contributed by atoms with Crippen LogP contribution in [-0.2, 0) is 16.1 Å². The standard InChI is InChI=1S/C20H25NO2/c1-20(2,3)23-19(22)14-18(17-12-8-5-9-13-17)21-15-16-10-6-4-7-11-16/h4-13,18,21H,14-15H2,1-3H3/t18-/m0/s1. The lowest BCUT2D eigenvalue weighted by Crippen LogP contribution is -2.29. The molecule has 0 radical (unpaired) electrons. The predicted octanol–water partition coefficient (Wildman–Crippen LogP) is 4.25. The van der Waals surface area contributed by atoms with E-state index in [1.807, 2.05) is 69.3 Å². The first kappa shape index (κ1) is 17.2. The van der Waals surface area contributed by atoms with Crippen LogP contribution in [0.2, 0.25) is 0 Å². The second kappa shape index (κ2) is 7.93. The van der Waals surface area contributed by atoms with Gasteiger partial charge in [-0.25, -0.2) is 0 Å². The monoisotopic (exact) mass is 311 g/mol. The topological polar surface area (TPSA) is 38.3 Å². The lowest BCUT2D eigenvalue weighted by Gasteiger charge is -2.23. The molecule has 122 valence electrons. The number of ether oxygens (including phenoxy) is 1. The largest absolute Gasteiger partial charge is 0.460 e. The molecule has 0 spiro atoms. The van der Waals surface area contributed by atoms with E-state index >= 15 is 0 Å². The van der Waals surface area contributed by atoms with Gasteiger partial charge < -0.3 is 10.1 Å². The third-order valence-electron chi connectivity index (χ3n) is 3.39. The fourth-order valence-electron chi connectivity index (χ4n) is 2.38. The highest BCUT2D eigenvalue weighted by molar-refractivity contribution is 5.71. The normalized spacial score (nSPS) is 12.7. The second-order valence-corrected chi connectivity index (χ2v) is 6.62. The van der Waals surface area contributed by atoms with Gasteiger partial charge in [0.1, 0.15) is 5.60 Å². The molecule has 3 nitrogen and oxygen atoms in total. The van der Waals surface area contributed by atoms with Gasteiger partial charge in [0.25, 0.3) is 0 Å². The van der Waals surface area contributed by atoms with Gasteiger partial charge in [-0.1, -0.05) is 60.7 Å². The van der Waals surface area contributed by atoms with Crippen LogP contribution in [0.5, 0.6) is 0 Å². The van der Waals surface area contributed by atoms with E-state index in [0.717, 1.165) is 5.56 Å². The van der Waals surface area contributed by atoms with Crippen molar-refractivity contribution >= 4 is 5.97 Å². The van der Waals surface area contributed by atoms with Crippen LogP contribution in [0.1, 0.15) is 44.4 Å². The summed E-state index contributed by atoms with van der Waals surface area (Å²) in [7, 11) is 0. The third-order valence-corrected chi connectivity index (χ3v) is 3.39. The summed E-state index contributed by atoms with van der Waals surface area (Å²) in [5, 5.41) is 3.47. The van der Waals surface area contributed by atoms with Crippen molar-refractivity contribution in [3.05, 3.63) is 71.8 Å². The van der Waals surface area contributed by atoms with Gasteiger partial charge in [-0.05, 0) is 31.9 Å². The Bertz CT molecular complexity index is 603. The van der Waals surface area contributed by atoms with Crippen molar-refractivity contribution in [3.63, 3.8) is 0 Å². The van der Waals surface area contributed by atoms with Gasteiger partial charge in [0, 0.05) is 12.6 Å². The molecular formula is C20H25NO2. The minimum absolute atomic E-state index is 0.0637. The van der Waals surface area contributed by atoms with Crippen LogP contribution < -0.4 is 5.32 Å². The Morgan fingerprint density at radius 2 is 1.57 bits per heavy atom. The van der Waals surface area contributed by atoms with Crippen LogP contribution >= 0.6 is 0 Å². The Morgan fingerprint density at radius 3 is 2.13 bits per heavy atom. The summed E-state index contributed by atoms with van der Waals surface area (Å²) in [5.41, 5.74) is 1.82. The first-order chi connectivity index (χ1) is 10.9. The molecule has 0 aliphatic heterocycles. The maximum absolute atomic E-state index is 12.2. The number of rotatable bonds is 6. The van der Waals surface area contributed by atoms with E-state index in [-0.39, 0.29) is 12.0 Å². The molecule has 2 rings (SSSR count). The summed E-state index contributed by atoms with van der Waals surface area (Å²) >= 11 is 0. The molecule has 0 aromatic heterocycles. The highest BCUT2D eigenvalue weighted by atomic mass is 16.6. The van der Waals surface area contributed by atoms with Crippen LogP contribution in [0, 0.1) is 0 Å². The molecule has 0 aliphatic carbocycles. The fourth-order valence-corrected chi connectivity index (χ4v) is 2.38. The van der Waals surface area contributed by atoms with E-state index in [1.54, 1.807) is 0 Å². The molecule has 23 heavy (non-hydrogen) atoms. The van der Waals surface area contributed by atoms with E-state index in [4.69, 9.17) is 4.74 Å². The number of carbonyl (C=O) groups is 1. The zero-order valence-electron chi connectivity index (χ0n) is 14.1. The zero-order chi connectivity index (χ0) is 16.7. The number of carbonyl (C=O) groups excluding carboxylic acids is 1. The second-order valence-electron chi connectivity index (χ2n) is 6.62. The first-order valence-corrected chi connectivity index (χ1v) is 7.98. The molecular weight excluding hydrogens is 286 g/mol. The predicted molar refractivity (Wildman–Crippen MR) is 92.9 cm³/mol. The molecule has 3 heteroatoms. The van der Waals surface area contributed by atoms with Gasteiger partial charge >= 0.3 is 5.97 Å². The Labute approximate surface area is 138 Å². The average Bonchev–Trinajstić information content (AvgIpc) is 2.51. The molecule has 2 aromatic rings. The quantitative estimate of drug-likeness (QED) is 0.811. The minimum Gasteiger partial charge on any atom is -0.460 e.